The maximum absolute atomic E-state index is 13.2. The lowest BCUT2D eigenvalue weighted by Crippen LogP contribution is -2.46. The smallest absolute Gasteiger partial charge is 0.245 e. The van der Waals surface area contributed by atoms with Gasteiger partial charge >= 0.3 is 0 Å². The van der Waals surface area contributed by atoms with Crippen molar-refractivity contribution in [1.29, 1.82) is 0 Å². The number of carbonyl (C=O) groups is 2. The molecule has 0 bridgehead atoms. The number of H-pyrrole nitrogens is 1. The van der Waals surface area contributed by atoms with Crippen LogP contribution in [0.5, 0.6) is 17.2 Å². The number of amides is 2. The topological polar surface area (TPSA) is 84.1 Å². The van der Waals surface area contributed by atoms with Crippen molar-refractivity contribution < 1.29 is 23.8 Å². The molecule has 0 unspecified atom stereocenters. The molecule has 1 aromatic heterocycles. The van der Waals surface area contributed by atoms with Gasteiger partial charge in [0.25, 0.3) is 0 Å². The third-order valence-electron chi connectivity index (χ3n) is 6.09. The number of hydrazine groups is 1. The van der Waals surface area contributed by atoms with Crippen molar-refractivity contribution in [2.45, 2.75) is 26.2 Å². The fourth-order valence-electron chi connectivity index (χ4n) is 4.49. The number of benzene rings is 2. The van der Waals surface area contributed by atoms with E-state index < -0.39 is 0 Å². The molecule has 33 heavy (non-hydrogen) atoms. The van der Waals surface area contributed by atoms with E-state index in [4.69, 9.17) is 14.2 Å². The number of aromatic amines is 1. The van der Waals surface area contributed by atoms with Gasteiger partial charge in [0, 0.05) is 35.2 Å². The van der Waals surface area contributed by atoms with Crippen LogP contribution >= 0.6 is 0 Å². The van der Waals surface area contributed by atoms with Crippen molar-refractivity contribution in [3.8, 4) is 17.2 Å². The van der Waals surface area contributed by atoms with E-state index in [1.165, 1.54) is 14.2 Å². The van der Waals surface area contributed by atoms with Crippen molar-refractivity contribution in [3.63, 3.8) is 0 Å². The highest BCUT2D eigenvalue weighted by Gasteiger charge is 2.32. The summed E-state index contributed by atoms with van der Waals surface area (Å²) in [6.45, 7) is 3.00. The summed E-state index contributed by atoms with van der Waals surface area (Å²) in [5, 5.41) is 4.18. The Bertz CT molecular complexity index is 1190. The number of carbonyl (C=O) groups excluding carboxylic acids is 2. The number of nitrogens with one attached hydrogen (secondary N) is 1. The number of para-hydroxylation sites is 1. The third-order valence-corrected chi connectivity index (χ3v) is 6.09. The summed E-state index contributed by atoms with van der Waals surface area (Å²) in [6.07, 6.45) is 1.06. The first-order valence-electron chi connectivity index (χ1n) is 10.9. The number of methoxy groups -OCH3 is 3. The molecule has 1 aliphatic heterocycles. The van der Waals surface area contributed by atoms with Crippen molar-refractivity contribution in [2.75, 3.05) is 34.4 Å². The third kappa shape index (κ3) is 4.20. The van der Waals surface area contributed by atoms with Gasteiger partial charge in [0.15, 0.2) is 11.5 Å². The molecule has 2 heterocycles. The van der Waals surface area contributed by atoms with Gasteiger partial charge < -0.3 is 19.2 Å². The molecule has 0 saturated carbocycles. The Morgan fingerprint density at radius 2 is 1.55 bits per heavy atom. The van der Waals surface area contributed by atoms with Crippen molar-refractivity contribution in [2.24, 2.45) is 0 Å². The van der Waals surface area contributed by atoms with Crippen LogP contribution < -0.4 is 14.2 Å². The Morgan fingerprint density at radius 3 is 2.21 bits per heavy atom. The molecular formula is C25H29N3O5. The number of aryl methyl sites for hydroxylation is 1. The second-order valence-corrected chi connectivity index (χ2v) is 8.01. The molecule has 8 nitrogen and oxygen atoms in total. The average Bonchev–Trinajstić information content (AvgIpc) is 3.43. The van der Waals surface area contributed by atoms with Gasteiger partial charge in [-0.25, -0.2) is 0 Å². The van der Waals surface area contributed by atoms with Gasteiger partial charge in [-0.15, -0.1) is 0 Å². The number of hydrogen-bond donors (Lipinski definition) is 1. The lowest BCUT2D eigenvalue weighted by Gasteiger charge is -2.28. The SMILES string of the molecule is COc1ccc(CC(=O)N2CCCN2C(=O)Cc2c(C)[nH]c3ccccc23)c(OC)c1OC. The lowest BCUT2D eigenvalue weighted by molar-refractivity contribution is -0.157. The lowest BCUT2D eigenvalue weighted by atomic mass is 10.1. The van der Waals surface area contributed by atoms with Crippen molar-refractivity contribution >= 4 is 22.7 Å². The van der Waals surface area contributed by atoms with Gasteiger partial charge in [0.1, 0.15) is 0 Å². The fraction of sp³-hybridized carbons (Fsp3) is 0.360. The Morgan fingerprint density at radius 1 is 0.879 bits per heavy atom. The Balaban J connectivity index is 1.53. The van der Waals surface area contributed by atoms with Gasteiger partial charge in [-0.2, -0.15) is 0 Å². The zero-order valence-electron chi connectivity index (χ0n) is 19.4. The van der Waals surface area contributed by atoms with E-state index >= 15 is 0 Å². The van der Waals surface area contributed by atoms with Gasteiger partial charge in [0.05, 0.1) is 34.2 Å². The first-order valence-corrected chi connectivity index (χ1v) is 10.9. The molecule has 3 aromatic rings. The molecule has 1 fully saturated rings. The zero-order valence-corrected chi connectivity index (χ0v) is 19.4. The summed E-state index contributed by atoms with van der Waals surface area (Å²) in [6, 6.07) is 11.5. The zero-order chi connectivity index (χ0) is 23.5. The molecule has 2 amide bonds. The number of ether oxygens (including phenoxy) is 3. The van der Waals surface area contributed by atoms with Crippen LogP contribution in [0.3, 0.4) is 0 Å². The normalized spacial score (nSPS) is 13.5. The molecule has 1 aliphatic rings. The molecule has 174 valence electrons. The molecule has 1 N–H and O–H groups in total. The number of rotatable bonds is 7. The second kappa shape index (κ2) is 9.44. The van der Waals surface area contributed by atoms with Crippen LogP contribution in [-0.2, 0) is 22.4 Å². The predicted octanol–water partition coefficient (Wildman–Crippen LogP) is 3.26. The van der Waals surface area contributed by atoms with E-state index in [1.807, 2.05) is 31.2 Å². The Kier molecular flexibility index (Phi) is 6.44. The first-order chi connectivity index (χ1) is 16.0. The van der Waals surface area contributed by atoms with E-state index in [2.05, 4.69) is 4.98 Å². The molecule has 4 rings (SSSR count). The van der Waals surface area contributed by atoms with E-state index in [1.54, 1.807) is 29.3 Å². The second-order valence-electron chi connectivity index (χ2n) is 8.01. The van der Waals surface area contributed by atoms with Crippen LogP contribution in [0.4, 0.5) is 0 Å². The fourth-order valence-corrected chi connectivity index (χ4v) is 4.49. The monoisotopic (exact) mass is 451 g/mol. The van der Waals surface area contributed by atoms with Crippen LogP contribution in [-0.4, -0.2) is 61.2 Å². The molecule has 0 spiro atoms. The standard InChI is InChI=1S/C25H29N3O5/c1-16-19(18-8-5-6-9-20(18)26-16)15-23(30)28-13-7-12-27(28)22(29)14-17-10-11-21(31-2)25(33-4)24(17)32-3/h5-6,8-11,26H,7,12-15H2,1-4H3. The van der Waals surface area contributed by atoms with E-state index in [0.717, 1.165) is 28.6 Å². The minimum Gasteiger partial charge on any atom is -0.493 e. The van der Waals surface area contributed by atoms with Crippen LogP contribution in [0.2, 0.25) is 0 Å². The van der Waals surface area contributed by atoms with Crippen molar-refractivity contribution in [3.05, 3.63) is 53.2 Å². The predicted molar refractivity (Wildman–Crippen MR) is 125 cm³/mol. The van der Waals surface area contributed by atoms with Gasteiger partial charge in [-0.1, -0.05) is 24.3 Å². The number of aromatic nitrogens is 1. The molecular weight excluding hydrogens is 422 g/mol. The number of hydrogen-bond acceptors (Lipinski definition) is 5. The molecule has 8 heteroatoms. The molecule has 0 aliphatic carbocycles. The highest BCUT2D eigenvalue weighted by Crippen LogP contribution is 2.40. The summed E-state index contributed by atoms with van der Waals surface area (Å²) in [5.41, 5.74) is 3.62. The van der Waals surface area contributed by atoms with Crippen LogP contribution in [0.15, 0.2) is 36.4 Å². The first kappa shape index (κ1) is 22.5. The van der Waals surface area contributed by atoms with E-state index in [0.29, 0.717) is 35.9 Å². The van der Waals surface area contributed by atoms with E-state index in [-0.39, 0.29) is 24.7 Å². The van der Waals surface area contributed by atoms with E-state index in [9.17, 15) is 9.59 Å². The maximum atomic E-state index is 13.2. The van der Waals surface area contributed by atoms with Crippen LogP contribution in [0.1, 0.15) is 23.2 Å². The van der Waals surface area contributed by atoms with Gasteiger partial charge in [-0.3, -0.25) is 19.6 Å². The molecule has 0 radical (unpaired) electrons. The summed E-state index contributed by atoms with van der Waals surface area (Å²) in [4.78, 5) is 29.8. The molecule has 1 saturated heterocycles. The quantitative estimate of drug-likeness (QED) is 0.596. The molecule has 2 aromatic carbocycles. The summed E-state index contributed by atoms with van der Waals surface area (Å²) < 4.78 is 16.3. The average molecular weight is 452 g/mol. The minimum absolute atomic E-state index is 0.0828. The van der Waals surface area contributed by atoms with Gasteiger partial charge in [-0.05, 0) is 31.0 Å². The van der Waals surface area contributed by atoms with Gasteiger partial charge in [0.2, 0.25) is 17.6 Å². The highest BCUT2D eigenvalue weighted by atomic mass is 16.5. The summed E-state index contributed by atoms with van der Waals surface area (Å²) in [5.74, 6) is 1.17. The number of fused-ring (bicyclic) bond motifs is 1. The van der Waals surface area contributed by atoms with Crippen LogP contribution in [0.25, 0.3) is 10.9 Å². The summed E-state index contributed by atoms with van der Waals surface area (Å²) >= 11 is 0. The Labute approximate surface area is 193 Å². The Hall–Kier alpha value is -3.68. The largest absolute Gasteiger partial charge is 0.493 e. The minimum atomic E-state index is -0.165. The van der Waals surface area contributed by atoms with Crippen molar-refractivity contribution in [1.82, 2.24) is 15.0 Å². The maximum Gasteiger partial charge on any atom is 0.245 e. The molecule has 0 atom stereocenters. The summed E-state index contributed by atoms with van der Waals surface area (Å²) in [7, 11) is 4.60. The highest BCUT2D eigenvalue weighted by molar-refractivity contribution is 5.91. The van der Waals surface area contributed by atoms with Crippen LogP contribution in [0, 0.1) is 6.92 Å². The number of nitrogens with zero attached hydrogens (tertiary/aromatic N) is 2.